The number of amides is 2. The van der Waals surface area contributed by atoms with Crippen molar-refractivity contribution in [3.05, 3.63) is 87.5 Å². The number of hydrogen-bond donors (Lipinski definition) is 0. The van der Waals surface area contributed by atoms with E-state index >= 15 is 0 Å². The number of ether oxygens (including phenoxy) is 4. The first kappa shape index (κ1) is 35.4. The van der Waals surface area contributed by atoms with Crippen molar-refractivity contribution in [1.29, 1.82) is 0 Å². The fraction of sp³-hybridized carbons (Fsp3) is 0.436. The van der Waals surface area contributed by atoms with Crippen LogP contribution in [0.3, 0.4) is 0 Å². The number of hydrogen-bond acceptors (Lipinski definition) is 11. The van der Waals surface area contributed by atoms with E-state index in [-0.39, 0.29) is 30.3 Å². The quantitative estimate of drug-likeness (QED) is 0.191. The minimum absolute atomic E-state index is 0.0754. The number of likely N-dealkylation sites (N-methyl/N-ethyl adjacent to an activating group) is 1. The molecular weight excluding hydrogens is 664 g/mol. The van der Waals surface area contributed by atoms with E-state index in [1.165, 1.54) is 4.90 Å². The largest absolute Gasteiger partial charge is 0.493 e. The molecular formula is C39H46N6O7. The Labute approximate surface area is 303 Å². The molecule has 0 bridgehead atoms. The summed E-state index contributed by atoms with van der Waals surface area (Å²) in [4.78, 5) is 54.4. The molecule has 0 radical (unpaired) electrons. The number of rotatable bonds is 13. The van der Waals surface area contributed by atoms with Crippen LogP contribution < -0.4 is 24.7 Å². The summed E-state index contributed by atoms with van der Waals surface area (Å²) in [5, 5.41) is 0.524. The Hall–Kier alpha value is -4.98. The average molecular weight is 711 g/mol. The molecule has 0 atom stereocenters. The second-order valence-corrected chi connectivity index (χ2v) is 13.4. The molecule has 2 saturated heterocycles. The first-order valence-electron chi connectivity index (χ1n) is 17.9. The lowest BCUT2D eigenvalue weighted by molar-refractivity contribution is 0.0322. The monoisotopic (exact) mass is 710 g/mol. The third-order valence-electron chi connectivity index (χ3n) is 10.2. The molecule has 0 unspecified atom stereocenters. The van der Waals surface area contributed by atoms with Gasteiger partial charge in [-0.25, -0.2) is 4.98 Å². The molecule has 3 aromatic carbocycles. The zero-order chi connectivity index (χ0) is 36.2. The molecule has 13 nitrogen and oxygen atoms in total. The van der Waals surface area contributed by atoms with Crippen LogP contribution >= 0.6 is 0 Å². The lowest BCUT2D eigenvalue weighted by Gasteiger charge is -2.34. The van der Waals surface area contributed by atoms with Crippen molar-refractivity contribution in [3.8, 4) is 17.2 Å². The van der Waals surface area contributed by atoms with Crippen LogP contribution in [-0.2, 0) is 24.1 Å². The van der Waals surface area contributed by atoms with Gasteiger partial charge in [0.1, 0.15) is 18.2 Å². The Bertz CT molecular complexity index is 2000. The van der Waals surface area contributed by atoms with Gasteiger partial charge in [0.05, 0.1) is 49.5 Å². The molecule has 3 aliphatic heterocycles. The molecule has 2 amide bonds. The van der Waals surface area contributed by atoms with Crippen LogP contribution in [0.25, 0.3) is 10.9 Å². The molecule has 13 heteroatoms. The molecule has 0 aliphatic carbocycles. The van der Waals surface area contributed by atoms with Crippen molar-refractivity contribution >= 4 is 28.4 Å². The van der Waals surface area contributed by atoms with Gasteiger partial charge >= 0.3 is 0 Å². The maximum atomic E-state index is 14.1. The van der Waals surface area contributed by atoms with Gasteiger partial charge < -0.3 is 28.7 Å². The normalized spacial score (nSPS) is 16.8. The molecule has 4 heterocycles. The van der Waals surface area contributed by atoms with Crippen molar-refractivity contribution in [2.24, 2.45) is 0 Å². The van der Waals surface area contributed by atoms with E-state index in [2.05, 4.69) is 21.7 Å². The van der Waals surface area contributed by atoms with Gasteiger partial charge in [-0.05, 0) is 67.6 Å². The van der Waals surface area contributed by atoms with Crippen LogP contribution in [0.1, 0.15) is 32.1 Å². The number of nitrogens with zero attached hydrogens (tertiary/aromatic N) is 6. The van der Waals surface area contributed by atoms with Gasteiger partial charge in [0.15, 0.2) is 11.5 Å². The topological polar surface area (TPSA) is 119 Å². The van der Waals surface area contributed by atoms with Crippen molar-refractivity contribution in [2.45, 2.75) is 19.4 Å². The number of anilines is 1. The van der Waals surface area contributed by atoms with Crippen molar-refractivity contribution < 1.29 is 28.5 Å². The highest BCUT2D eigenvalue weighted by molar-refractivity contribution is 6.21. The summed E-state index contributed by atoms with van der Waals surface area (Å²) in [7, 11) is 5.30. The number of carbonyl (C=O) groups excluding carboxylic acids is 2. The molecule has 52 heavy (non-hydrogen) atoms. The number of benzene rings is 3. The average Bonchev–Trinajstić information content (AvgIpc) is 3.41. The summed E-state index contributed by atoms with van der Waals surface area (Å²) >= 11 is 0. The molecule has 0 N–H and O–H groups in total. The van der Waals surface area contributed by atoms with Gasteiger partial charge in [0.25, 0.3) is 17.4 Å². The molecule has 3 aliphatic rings. The predicted molar refractivity (Wildman–Crippen MR) is 197 cm³/mol. The zero-order valence-electron chi connectivity index (χ0n) is 30.1. The summed E-state index contributed by atoms with van der Waals surface area (Å²) < 4.78 is 24.0. The standard InChI is InChI=1S/C39H46N6O7/c1-41-14-16-43(17-15-41)28-5-7-31-33(25-28)40-36(44(38(31)47)12-10-27-4-9-34(49-2)35(24-27)50-3)11-13-45-37(46)30-8-6-29(26-32(30)39(45)48)52-23-20-42-18-21-51-22-19-42/h4-9,24-26H,10-23H2,1-3H3. The first-order chi connectivity index (χ1) is 25.3. The lowest BCUT2D eigenvalue weighted by atomic mass is 10.1. The van der Waals surface area contributed by atoms with E-state index in [1.807, 2.05) is 36.4 Å². The minimum Gasteiger partial charge on any atom is -0.493 e. The highest BCUT2D eigenvalue weighted by atomic mass is 16.5. The van der Waals surface area contributed by atoms with Crippen molar-refractivity contribution in [1.82, 2.24) is 24.3 Å². The number of aromatic nitrogens is 2. The van der Waals surface area contributed by atoms with Crippen LogP contribution in [-0.4, -0.2) is 130 Å². The predicted octanol–water partition coefficient (Wildman–Crippen LogP) is 2.96. The van der Waals surface area contributed by atoms with Gasteiger partial charge in [-0.1, -0.05) is 6.07 Å². The second-order valence-electron chi connectivity index (χ2n) is 13.4. The molecule has 0 saturated carbocycles. The SMILES string of the molecule is COc1ccc(CCn2c(CCN3C(=O)c4ccc(OCCN5CCOCC5)cc4C3=O)nc3cc(N4CCN(C)CC4)ccc3c2=O)cc1OC. The zero-order valence-corrected chi connectivity index (χ0v) is 30.1. The fourth-order valence-corrected chi connectivity index (χ4v) is 7.11. The third-order valence-corrected chi connectivity index (χ3v) is 10.2. The van der Waals surface area contributed by atoms with Crippen LogP contribution in [0.15, 0.2) is 59.4 Å². The number of morpholine rings is 1. The molecule has 2 fully saturated rings. The van der Waals surface area contributed by atoms with Crippen LogP contribution in [0.2, 0.25) is 0 Å². The van der Waals surface area contributed by atoms with E-state index in [1.54, 1.807) is 37.0 Å². The van der Waals surface area contributed by atoms with Crippen LogP contribution in [0.4, 0.5) is 5.69 Å². The number of fused-ring (bicyclic) bond motifs is 2. The minimum atomic E-state index is -0.379. The Morgan fingerprint density at radius 2 is 1.52 bits per heavy atom. The van der Waals surface area contributed by atoms with Gasteiger partial charge in [-0.3, -0.25) is 28.8 Å². The molecule has 7 rings (SSSR count). The Morgan fingerprint density at radius 1 is 0.750 bits per heavy atom. The maximum Gasteiger partial charge on any atom is 0.261 e. The molecule has 0 spiro atoms. The van der Waals surface area contributed by atoms with E-state index < -0.39 is 0 Å². The highest BCUT2D eigenvalue weighted by Gasteiger charge is 2.36. The van der Waals surface area contributed by atoms with Crippen LogP contribution in [0, 0.1) is 0 Å². The van der Waals surface area contributed by atoms with Crippen LogP contribution in [0.5, 0.6) is 17.2 Å². The van der Waals surface area contributed by atoms with Crippen molar-refractivity contribution in [3.63, 3.8) is 0 Å². The summed E-state index contributed by atoms with van der Waals surface area (Å²) in [6.07, 6.45) is 0.741. The van der Waals surface area contributed by atoms with E-state index in [4.69, 9.17) is 23.9 Å². The van der Waals surface area contributed by atoms with Crippen molar-refractivity contribution in [2.75, 3.05) is 98.3 Å². The fourth-order valence-electron chi connectivity index (χ4n) is 7.11. The number of methoxy groups -OCH3 is 2. The summed E-state index contributed by atoms with van der Waals surface area (Å²) in [6.45, 7) is 8.48. The Kier molecular flexibility index (Phi) is 10.7. The lowest BCUT2D eigenvalue weighted by Crippen LogP contribution is -2.44. The molecule has 274 valence electrons. The molecule has 4 aromatic rings. The van der Waals surface area contributed by atoms with E-state index in [0.717, 1.165) is 57.1 Å². The Morgan fingerprint density at radius 3 is 2.29 bits per heavy atom. The smallest absolute Gasteiger partial charge is 0.261 e. The number of aryl methyl sites for hydroxylation is 1. The summed E-state index contributed by atoms with van der Waals surface area (Å²) in [5.74, 6) is 1.55. The first-order valence-corrected chi connectivity index (χ1v) is 17.9. The van der Waals surface area contributed by atoms with E-state index in [9.17, 15) is 14.4 Å². The number of carbonyl (C=O) groups is 2. The summed E-state index contributed by atoms with van der Waals surface area (Å²) in [5.41, 5.74) is 3.09. The molecule has 1 aromatic heterocycles. The third kappa shape index (κ3) is 7.48. The summed E-state index contributed by atoms with van der Waals surface area (Å²) in [6, 6.07) is 16.6. The highest BCUT2D eigenvalue weighted by Crippen LogP contribution is 2.29. The van der Waals surface area contributed by atoms with Gasteiger partial charge in [0, 0.05) is 71.0 Å². The van der Waals surface area contributed by atoms with Gasteiger partial charge in [-0.2, -0.15) is 0 Å². The number of piperazine rings is 1. The number of imide groups is 1. The van der Waals surface area contributed by atoms with Gasteiger partial charge in [-0.15, -0.1) is 0 Å². The van der Waals surface area contributed by atoms with E-state index in [0.29, 0.717) is 77.9 Å². The van der Waals surface area contributed by atoms with Gasteiger partial charge in [0.2, 0.25) is 0 Å². The maximum absolute atomic E-state index is 14.1. The Balaban J connectivity index is 1.12. The second kappa shape index (κ2) is 15.7.